The van der Waals surface area contributed by atoms with Crippen LogP contribution in [0.25, 0.3) is 10.9 Å². The van der Waals surface area contributed by atoms with Crippen LogP contribution in [0.4, 0.5) is 10.1 Å². The normalized spacial score (nSPS) is 21.3. The van der Waals surface area contributed by atoms with Crippen LogP contribution in [0.1, 0.15) is 29.8 Å². The van der Waals surface area contributed by atoms with E-state index in [1.807, 2.05) is 18.7 Å². The van der Waals surface area contributed by atoms with E-state index in [1.54, 1.807) is 6.92 Å². The fourth-order valence-corrected chi connectivity index (χ4v) is 3.69. The van der Waals surface area contributed by atoms with Gasteiger partial charge in [-0.2, -0.15) is 0 Å². The highest BCUT2D eigenvalue weighted by atomic mass is 35.5. The Labute approximate surface area is 145 Å². The molecule has 1 fully saturated rings. The molecule has 1 amide bonds. The summed E-state index contributed by atoms with van der Waals surface area (Å²) in [5.74, 6) is -1.03. The van der Waals surface area contributed by atoms with Gasteiger partial charge in [-0.15, -0.1) is 0 Å². The Morgan fingerprint density at radius 1 is 1.38 bits per heavy atom. The zero-order valence-corrected chi connectivity index (χ0v) is 14.6. The number of halogens is 2. The number of fused-ring (bicyclic) bond motifs is 1. The molecule has 0 radical (unpaired) electrons. The van der Waals surface area contributed by atoms with Gasteiger partial charge in [-0.25, -0.2) is 9.37 Å². The number of nitrogens with zero attached hydrogens (tertiary/aromatic N) is 2. The lowest BCUT2D eigenvalue weighted by Gasteiger charge is -2.38. The predicted molar refractivity (Wildman–Crippen MR) is 94.2 cm³/mol. The topological polar surface area (TPSA) is 71.2 Å². The highest BCUT2D eigenvalue weighted by molar-refractivity contribution is 6.31. The van der Waals surface area contributed by atoms with Crippen LogP contribution >= 0.6 is 11.6 Å². The van der Waals surface area contributed by atoms with Crippen molar-refractivity contribution in [1.82, 2.24) is 10.3 Å². The van der Waals surface area contributed by atoms with Crippen molar-refractivity contribution >= 4 is 34.1 Å². The zero-order chi connectivity index (χ0) is 17.6. The molecule has 0 aliphatic carbocycles. The SMILES string of the molecule is Cc1c(Cl)nc2ccc(F)c(N3CC(C)NC(C)C3)c2c1C(N)=O. The number of anilines is 1. The lowest BCUT2D eigenvalue weighted by atomic mass is 10.00. The Balaban J connectivity index is 2.32. The number of benzene rings is 1. The molecule has 0 saturated carbocycles. The number of nitrogens with one attached hydrogen (secondary N) is 1. The standard InChI is InChI=1S/C17H20ClFN4O/c1-8-6-23(7-9(2)21-8)15-11(19)4-5-12-14(15)13(17(20)24)10(3)16(18)22-12/h4-5,8-9,21H,6-7H2,1-3H3,(H2,20,24). The molecule has 1 aliphatic heterocycles. The molecule has 1 saturated heterocycles. The van der Waals surface area contributed by atoms with E-state index in [2.05, 4.69) is 10.3 Å². The molecule has 128 valence electrons. The van der Waals surface area contributed by atoms with Gasteiger partial charge in [0.25, 0.3) is 0 Å². The van der Waals surface area contributed by atoms with Crippen molar-refractivity contribution in [2.75, 3.05) is 18.0 Å². The van der Waals surface area contributed by atoms with Gasteiger partial charge in [0.15, 0.2) is 0 Å². The maximum absolute atomic E-state index is 14.8. The Morgan fingerprint density at radius 3 is 2.58 bits per heavy atom. The number of carbonyl (C=O) groups excluding carboxylic acids is 1. The van der Waals surface area contributed by atoms with Crippen molar-refractivity contribution < 1.29 is 9.18 Å². The highest BCUT2D eigenvalue weighted by Crippen LogP contribution is 2.36. The van der Waals surface area contributed by atoms with E-state index in [1.165, 1.54) is 12.1 Å². The van der Waals surface area contributed by atoms with Gasteiger partial charge in [-0.1, -0.05) is 11.6 Å². The van der Waals surface area contributed by atoms with E-state index < -0.39 is 11.7 Å². The smallest absolute Gasteiger partial charge is 0.249 e. The van der Waals surface area contributed by atoms with Crippen molar-refractivity contribution in [3.63, 3.8) is 0 Å². The Hall–Kier alpha value is -1.92. The summed E-state index contributed by atoms with van der Waals surface area (Å²) in [5, 5.41) is 4.05. The summed E-state index contributed by atoms with van der Waals surface area (Å²) in [6.45, 7) is 7.01. The number of rotatable bonds is 2. The van der Waals surface area contributed by atoms with E-state index >= 15 is 0 Å². The van der Waals surface area contributed by atoms with E-state index in [-0.39, 0.29) is 22.8 Å². The summed E-state index contributed by atoms with van der Waals surface area (Å²) in [6.07, 6.45) is 0. The summed E-state index contributed by atoms with van der Waals surface area (Å²) in [6, 6.07) is 3.28. The zero-order valence-electron chi connectivity index (χ0n) is 13.9. The van der Waals surface area contributed by atoms with Gasteiger partial charge in [-0.05, 0) is 38.5 Å². The number of primary amides is 1. The molecular formula is C17H20ClFN4O. The Kier molecular flexibility index (Phi) is 4.36. The van der Waals surface area contributed by atoms with Crippen LogP contribution in [0.15, 0.2) is 12.1 Å². The van der Waals surface area contributed by atoms with Gasteiger partial charge < -0.3 is 16.0 Å². The van der Waals surface area contributed by atoms with Crippen molar-refractivity contribution in [2.45, 2.75) is 32.9 Å². The molecule has 2 heterocycles. The fraction of sp³-hybridized carbons (Fsp3) is 0.412. The second kappa shape index (κ2) is 6.18. The molecule has 3 rings (SSSR count). The highest BCUT2D eigenvalue weighted by Gasteiger charge is 2.28. The summed E-state index contributed by atoms with van der Waals surface area (Å²) < 4.78 is 14.8. The maximum atomic E-state index is 14.8. The third-order valence-corrected chi connectivity index (χ3v) is 4.75. The molecule has 2 aromatic rings. The average molecular weight is 351 g/mol. The quantitative estimate of drug-likeness (QED) is 0.817. The molecule has 1 aromatic carbocycles. The second-order valence-electron chi connectivity index (χ2n) is 6.43. The monoisotopic (exact) mass is 350 g/mol. The van der Waals surface area contributed by atoms with Gasteiger partial charge in [0.2, 0.25) is 5.91 Å². The Bertz CT molecular complexity index is 816. The summed E-state index contributed by atoms with van der Waals surface area (Å²) in [7, 11) is 0. The lowest BCUT2D eigenvalue weighted by Crippen LogP contribution is -2.54. The van der Waals surface area contributed by atoms with Crippen LogP contribution in [0, 0.1) is 12.7 Å². The van der Waals surface area contributed by atoms with Crippen LogP contribution in [-0.2, 0) is 0 Å². The largest absolute Gasteiger partial charge is 0.366 e. The van der Waals surface area contributed by atoms with E-state index in [0.29, 0.717) is 35.2 Å². The summed E-state index contributed by atoms with van der Waals surface area (Å²) in [4.78, 5) is 18.3. The third kappa shape index (κ3) is 2.80. The average Bonchev–Trinajstić information content (AvgIpc) is 2.47. The van der Waals surface area contributed by atoms with Gasteiger partial charge in [-0.3, -0.25) is 4.79 Å². The number of hydrogen-bond acceptors (Lipinski definition) is 4. The van der Waals surface area contributed by atoms with E-state index in [4.69, 9.17) is 17.3 Å². The number of amides is 1. The van der Waals surface area contributed by atoms with Crippen LogP contribution < -0.4 is 16.0 Å². The number of pyridine rings is 1. The molecule has 1 aromatic heterocycles. The molecule has 7 heteroatoms. The van der Waals surface area contributed by atoms with Gasteiger partial charge in [0.05, 0.1) is 16.8 Å². The lowest BCUT2D eigenvalue weighted by molar-refractivity contribution is 0.100. The number of aromatic nitrogens is 1. The van der Waals surface area contributed by atoms with Gasteiger partial charge >= 0.3 is 0 Å². The third-order valence-electron chi connectivity index (χ3n) is 4.38. The second-order valence-corrected chi connectivity index (χ2v) is 6.79. The molecule has 0 spiro atoms. The first-order valence-electron chi connectivity index (χ1n) is 7.88. The molecular weight excluding hydrogens is 331 g/mol. The van der Waals surface area contributed by atoms with Crippen molar-refractivity contribution in [3.8, 4) is 0 Å². The molecule has 1 aliphatic rings. The molecule has 0 bridgehead atoms. The van der Waals surface area contributed by atoms with Crippen molar-refractivity contribution in [3.05, 3.63) is 34.2 Å². The number of carbonyl (C=O) groups is 1. The van der Waals surface area contributed by atoms with Crippen LogP contribution in [0.2, 0.25) is 5.15 Å². The summed E-state index contributed by atoms with van der Waals surface area (Å²) >= 11 is 6.12. The fourth-order valence-electron chi connectivity index (χ4n) is 3.50. The number of piperazine rings is 1. The minimum absolute atomic E-state index is 0.196. The molecule has 5 nitrogen and oxygen atoms in total. The van der Waals surface area contributed by atoms with Crippen molar-refractivity contribution in [1.29, 1.82) is 0 Å². The molecule has 2 unspecified atom stereocenters. The number of nitrogens with two attached hydrogens (primary N) is 1. The molecule has 24 heavy (non-hydrogen) atoms. The van der Waals surface area contributed by atoms with E-state index in [9.17, 15) is 9.18 Å². The van der Waals surface area contributed by atoms with Crippen LogP contribution in [0.3, 0.4) is 0 Å². The van der Waals surface area contributed by atoms with E-state index in [0.717, 1.165) is 0 Å². The van der Waals surface area contributed by atoms with Gasteiger partial charge in [0.1, 0.15) is 11.0 Å². The first-order valence-corrected chi connectivity index (χ1v) is 8.26. The minimum atomic E-state index is -0.634. The van der Waals surface area contributed by atoms with Crippen LogP contribution in [-0.4, -0.2) is 36.1 Å². The van der Waals surface area contributed by atoms with Crippen LogP contribution in [0.5, 0.6) is 0 Å². The molecule has 2 atom stereocenters. The summed E-state index contributed by atoms with van der Waals surface area (Å²) in [5.41, 5.74) is 7.12. The maximum Gasteiger partial charge on any atom is 0.249 e. The van der Waals surface area contributed by atoms with Crippen molar-refractivity contribution in [2.24, 2.45) is 5.73 Å². The first-order chi connectivity index (χ1) is 11.3. The predicted octanol–water partition coefficient (Wildman–Crippen LogP) is 2.62. The first kappa shape index (κ1) is 16.9. The Morgan fingerprint density at radius 2 is 2.00 bits per heavy atom. The minimum Gasteiger partial charge on any atom is -0.366 e. The molecule has 3 N–H and O–H groups in total. The number of hydrogen-bond donors (Lipinski definition) is 2. The van der Waals surface area contributed by atoms with Gasteiger partial charge in [0, 0.05) is 30.6 Å².